The average Bonchev–Trinajstić information content (AvgIpc) is 3.47. The Balaban J connectivity index is 1.45. The number of rotatable bonds is 5. The Labute approximate surface area is 164 Å². The van der Waals surface area contributed by atoms with E-state index >= 15 is 0 Å². The number of nitrogens with two attached hydrogens (primary N) is 1. The first kappa shape index (κ1) is 18.6. The quantitative estimate of drug-likeness (QED) is 0.732. The van der Waals surface area contributed by atoms with Crippen LogP contribution in [0.3, 0.4) is 0 Å². The van der Waals surface area contributed by atoms with Gasteiger partial charge < -0.3 is 21.1 Å². The molecule has 1 aliphatic heterocycles. The maximum atomic E-state index is 11.8. The van der Waals surface area contributed by atoms with Crippen LogP contribution >= 0.6 is 0 Å². The van der Waals surface area contributed by atoms with E-state index in [1.807, 2.05) is 30.3 Å². The van der Waals surface area contributed by atoms with E-state index in [4.69, 9.17) is 15.5 Å². The lowest BCUT2D eigenvalue weighted by Crippen LogP contribution is -2.43. The first-order valence-corrected chi connectivity index (χ1v) is 9.70. The average molecular weight is 382 g/mol. The second kappa shape index (κ2) is 8.12. The van der Waals surface area contributed by atoms with Crippen molar-refractivity contribution in [3.05, 3.63) is 36.0 Å². The van der Waals surface area contributed by atoms with Crippen LogP contribution in [-0.2, 0) is 11.3 Å². The SMILES string of the molecule is C[C@H]1COCCN1Cc1cc(N)nc(-c2ccc(NC(=O)NC3CC3)cc2)n1. The number of nitrogens with one attached hydrogen (secondary N) is 2. The van der Waals surface area contributed by atoms with Crippen molar-refractivity contribution in [3.63, 3.8) is 0 Å². The fourth-order valence-electron chi connectivity index (χ4n) is 3.22. The molecule has 0 spiro atoms. The van der Waals surface area contributed by atoms with Crippen LogP contribution in [-0.4, -0.2) is 52.7 Å². The van der Waals surface area contributed by atoms with Gasteiger partial charge in [-0.05, 0) is 44.0 Å². The van der Waals surface area contributed by atoms with Crippen molar-refractivity contribution < 1.29 is 9.53 Å². The first-order valence-electron chi connectivity index (χ1n) is 9.70. The Kier molecular flexibility index (Phi) is 5.40. The van der Waals surface area contributed by atoms with Gasteiger partial charge in [-0.2, -0.15) is 0 Å². The standard InChI is InChI=1S/C20H26N6O2/c1-13-12-28-9-8-26(13)11-17-10-18(21)25-19(22-17)14-2-4-15(5-3-14)23-20(27)24-16-6-7-16/h2-5,10,13,16H,6-9,11-12H2,1H3,(H2,21,22,25)(H2,23,24,27)/t13-/m0/s1. The predicted molar refractivity (Wildman–Crippen MR) is 108 cm³/mol. The molecule has 1 atom stereocenters. The van der Waals surface area contributed by atoms with E-state index in [0.29, 0.717) is 30.3 Å². The van der Waals surface area contributed by atoms with Gasteiger partial charge in [0.15, 0.2) is 5.82 Å². The van der Waals surface area contributed by atoms with Crippen molar-refractivity contribution in [2.45, 2.75) is 38.4 Å². The topological polar surface area (TPSA) is 105 Å². The van der Waals surface area contributed by atoms with Crippen LogP contribution in [0.15, 0.2) is 30.3 Å². The molecule has 1 saturated carbocycles. The lowest BCUT2D eigenvalue weighted by Gasteiger charge is -2.32. The number of urea groups is 1. The maximum absolute atomic E-state index is 11.8. The fourth-order valence-corrected chi connectivity index (χ4v) is 3.22. The third-order valence-corrected chi connectivity index (χ3v) is 4.98. The second-order valence-corrected chi connectivity index (χ2v) is 7.45. The van der Waals surface area contributed by atoms with Gasteiger partial charge in [-0.25, -0.2) is 14.8 Å². The molecular weight excluding hydrogens is 356 g/mol. The van der Waals surface area contributed by atoms with E-state index in [-0.39, 0.29) is 6.03 Å². The van der Waals surface area contributed by atoms with E-state index in [0.717, 1.165) is 49.5 Å². The minimum absolute atomic E-state index is 0.169. The molecule has 8 nitrogen and oxygen atoms in total. The van der Waals surface area contributed by atoms with Gasteiger partial charge in [0.2, 0.25) is 0 Å². The molecule has 28 heavy (non-hydrogen) atoms. The number of ether oxygens (including phenoxy) is 1. The Morgan fingerprint density at radius 2 is 2.07 bits per heavy atom. The van der Waals surface area contributed by atoms with Gasteiger partial charge in [0.05, 0.1) is 18.9 Å². The molecule has 2 fully saturated rings. The van der Waals surface area contributed by atoms with Gasteiger partial charge in [-0.1, -0.05) is 0 Å². The smallest absolute Gasteiger partial charge is 0.319 e. The summed E-state index contributed by atoms with van der Waals surface area (Å²) >= 11 is 0. The highest BCUT2D eigenvalue weighted by Gasteiger charge is 2.23. The third-order valence-electron chi connectivity index (χ3n) is 4.98. The number of nitrogen functional groups attached to an aromatic ring is 1. The van der Waals surface area contributed by atoms with Crippen LogP contribution in [0.25, 0.3) is 11.4 Å². The molecule has 0 bridgehead atoms. The highest BCUT2D eigenvalue weighted by molar-refractivity contribution is 5.89. The van der Waals surface area contributed by atoms with E-state index in [2.05, 4.69) is 27.4 Å². The van der Waals surface area contributed by atoms with E-state index in [9.17, 15) is 4.79 Å². The Morgan fingerprint density at radius 1 is 1.29 bits per heavy atom. The monoisotopic (exact) mass is 382 g/mol. The normalized spacial score (nSPS) is 20.0. The zero-order valence-corrected chi connectivity index (χ0v) is 16.0. The van der Waals surface area contributed by atoms with E-state index in [1.165, 1.54) is 0 Å². The summed E-state index contributed by atoms with van der Waals surface area (Å²) in [5.41, 5.74) is 8.50. The minimum Gasteiger partial charge on any atom is -0.384 e. The van der Waals surface area contributed by atoms with Crippen molar-refractivity contribution in [2.24, 2.45) is 0 Å². The zero-order valence-electron chi connectivity index (χ0n) is 16.0. The number of hydrogen-bond donors (Lipinski definition) is 3. The van der Waals surface area contributed by atoms with Crippen molar-refractivity contribution in [1.82, 2.24) is 20.2 Å². The summed E-state index contributed by atoms with van der Waals surface area (Å²) in [6, 6.07) is 9.80. The Morgan fingerprint density at radius 3 is 2.79 bits per heavy atom. The Bertz CT molecular complexity index is 837. The molecule has 0 unspecified atom stereocenters. The van der Waals surface area contributed by atoms with E-state index in [1.54, 1.807) is 0 Å². The molecular formula is C20H26N6O2. The number of benzene rings is 1. The highest BCUT2D eigenvalue weighted by Crippen LogP contribution is 2.22. The van der Waals surface area contributed by atoms with Gasteiger partial charge in [0.1, 0.15) is 5.82 Å². The largest absolute Gasteiger partial charge is 0.384 e. The van der Waals surface area contributed by atoms with Gasteiger partial charge in [0, 0.05) is 42.5 Å². The molecule has 1 aromatic heterocycles. The zero-order chi connectivity index (χ0) is 19.5. The van der Waals surface area contributed by atoms with Gasteiger partial charge in [0.25, 0.3) is 0 Å². The summed E-state index contributed by atoms with van der Waals surface area (Å²) in [6.45, 7) is 5.21. The molecule has 8 heteroatoms. The number of hydrogen-bond acceptors (Lipinski definition) is 6. The molecule has 1 aromatic carbocycles. The van der Waals surface area contributed by atoms with Crippen LogP contribution in [0.2, 0.25) is 0 Å². The number of anilines is 2. The predicted octanol–water partition coefficient (Wildman–Crippen LogP) is 2.23. The van der Waals surface area contributed by atoms with Crippen LogP contribution in [0.1, 0.15) is 25.5 Å². The van der Waals surface area contributed by atoms with Crippen molar-refractivity contribution in [3.8, 4) is 11.4 Å². The minimum atomic E-state index is -0.169. The summed E-state index contributed by atoms with van der Waals surface area (Å²) in [6.07, 6.45) is 2.12. The van der Waals surface area contributed by atoms with Crippen LogP contribution in [0, 0.1) is 0 Å². The van der Waals surface area contributed by atoms with Gasteiger partial charge in [-0.3, -0.25) is 4.90 Å². The molecule has 4 N–H and O–H groups in total. The van der Waals surface area contributed by atoms with E-state index < -0.39 is 0 Å². The van der Waals surface area contributed by atoms with Crippen molar-refractivity contribution in [2.75, 3.05) is 30.8 Å². The summed E-state index contributed by atoms with van der Waals surface area (Å²) in [7, 11) is 0. The van der Waals surface area contributed by atoms with Crippen LogP contribution < -0.4 is 16.4 Å². The number of aromatic nitrogens is 2. The summed E-state index contributed by atoms with van der Waals surface area (Å²) in [5.74, 6) is 1.04. The van der Waals surface area contributed by atoms with Crippen LogP contribution in [0.4, 0.5) is 16.3 Å². The molecule has 2 amide bonds. The highest BCUT2D eigenvalue weighted by atomic mass is 16.5. The van der Waals surface area contributed by atoms with Crippen molar-refractivity contribution >= 4 is 17.5 Å². The Hall–Kier alpha value is -2.71. The number of carbonyl (C=O) groups is 1. The first-order chi connectivity index (χ1) is 13.6. The second-order valence-electron chi connectivity index (χ2n) is 7.45. The summed E-state index contributed by atoms with van der Waals surface area (Å²) in [5, 5.41) is 5.74. The molecule has 2 aliphatic rings. The molecule has 148 valence electrons. The van der Waals surface area contributed by atoms with Gasteiger partial charge >= 0.3 is 6.03 Å². The van der Waals surface area contributed by atoms with Gasteiger partial charge in [-0.15, -0.1) is 0 Å². The molecule has 1 saturated heterocycles. The third kappa shape index (κ3) is 4.76. The summed E-state index contributed by atoms with van der Waals surface area (Å²) in [4.78, 5) is 23.3. The fraction of sp³-hybridized carbons (Fsp3) is 0.450. The lowest BCUT2D eigenvalue weighted by atomic mass is 10.2. The number of amides is 2. The van der Waals surface area contributed by atoms with Crippen molar-refractivity contribution in [1.29, 1.82) is 0 Å². The molecule has 0 radical (unpaired) electrons. The van der Waals surface area contributed by atoms with Crippen LogP contribution in [0.5, 0.6) is 0 Å². The lowest BCUT2D eigenvalue weighted by molar-refractivity contribution is -0.00489. The number of carbonyl (C=O) groups excluding carboxylic acids is 1. The number of morpholine rings is 1. The molecule has 2 heterocycles. The molecule has 4 rings (SSSR count). The number of nitrogens with zero attached hydrogens (tertiary/aromatic N) is 3. The summed E-state index contributed by atoms with van der Waals surface area (Å²) < 4.78 is 5.50. The molecule has 1 aliphatic carbocycles. The maximum Gasteiger partial charge on any atom is 0.319 e. The molecule has 2 aromatic rings.